The monoisotopic (exact) mass is 410 g/mol. The Morgan fingerprint density at radius 2 is 1.86 bits per heavy atom. The van der Waals surface area contributed by atoms with Crippen molar-refractivity contribution in [2.24, 2.45) is 0 Å². The maximum absolute atomic E-state index is 12.1. The number of aromatic nitrogens is 1. The number of pyridine rings is 1. The van der Waals surface area contributed by atoms with E-state index in [9.17, 15) is 24.6 Å². The number of H-pyrrole nitrogens is 1. The zero-order valence-electron chi connectivity index (χ0n) is 15.3. The first-order valence-corrected chi connectivity index (χ1v) is 8.56. The molecule has 0 spiro atoms. The molecule has 150 valence electrons. The molecule has 0 bridgehead atoms. The normalized spacial score (nSPS) is 11.7. The van der Waals surface area contributed by atoms with E-state index in [0.717, 1.165) is 0 Å². The third-order valence-electron chi connectivity index (χ3n) is 4.08. The maximum atomic E-state index is 12.1. The number of halogens is 1. The van der Waals surface area contributed by atoms with E-state index in [2.05, 4.69) is 0 Å². The van der Waals surface area contributed by atoms with Crippen LogP contribution in [0.15, 0.2) is 16.9 Å². The quantitative estimate of drug-likeness (QED) is 0.543. The molecule has 1 atom stereocenters. The lowest BCUT2D eigenvalue weighted by atomic mass is 9.95. The second-order valence-corrected chi connectivity index (χ2v) is 6.34. The number of carbonyl (C=O) groups is 2. The molecule has 0 fully saturated rings. The molecule has 28 heavy (non-hydrogen) atoms. The lowest BCUT2D eigenvalue weighted by molar-refractivity contribution is 0.0695. The average molecular weight is 411 g/mol. The van der Waals surface area contributed by atoms with Gasteiger partial charge in [-0.3, -0.25) is 4.79 Å². The van der Waals surface area contributed by atoms with Crippen LogP contribution in [-0.2, 0) is 0 Å². The van der Waals surface area contributed by atoms with Crippen LogP contribution in [0.1, 0.15) is 41.0 Å². The van der Waals surface area contributed by atoms with Crippen LogP contribution in [0.4, 0.5) is 5.82 Å². The minimum atomic E-state index is -1.62. The number of ether oxygens (including phenoxy) is 2. The summed E-state index contributed by atoms with van der Waals surface area (Å²) >= 11 is 6.29. The Balaban J connectivity index is 2.88. The molecular weight excluding hydrogens is 392 g/mol. The van der Waals surface area contributed by atoms with Crippen LogP contribution in [0, 0.1) is 0 Å². The molecule has 1 aromatic heterocycles. The van der Waals surface area contributed by atoms with Crippen LogP contribution in [-0.4, -0.2) is 40.3 Å². The van der Waals surface area contributed by atoms with E-state index >= 15 is 0 Å². The van der Waals surface area contributed by atoms with E-state index in [-0.39, 0.29) is 33.8 Å². The van der Waals surface area contributed by atoms with E-state index in [4.69, 9.17) is 26.8 Å². The van der Waals surface area contributed by atoms with Crippen molar-refractivity contribution in [2.75, 3.05) is 12.8 Å². The number of rotatable bonds is 7. The SMILES string of the molecule is CCC(C)Oc1c(Cl)cc(-c2c(C(=O)O)c(N)[nH]c(=O)c2C(=O)O)cc1OC. The number of nitrogens with two attached hydrogens (primary N) is 1. The van der Waals surface area contributed by atoms with Crippen molar-refractivity contribution in [1.82, 2.24) is 4.98 Å². The number of methoxy groups -OCH3 is 1. The van der Waals surface area contributed by atoms with Gasteiger partial charge in [0.2, 0.25) is 0 Å². The lowest BCUT2D eigenvalue weighted by Gasteiger charge is -2.19. The van der Waals surface area contributed by atoms with Gasteiger partial charge < -0.3 is 30.4 Å². The van der Waals surface area contributed by atoms with Gasteiger partial charge in [-0.05, 0) is 31.0 Å². The highest BCUT2D eigenvalue weighted by molar-refractivity contribution is 6.32. The molecule has 0 radical (unpaired) electrons. The molecule has 1 heterocycles. The van der Waals surface area contributed by atoms with Gasteiger partial charge in [-0.2, -0.15) is 0 Å². The van der Waals surface area contributed by atoms with E-state index in [1.54, 1.807) is 0 Å². The van der Waals surface area contributed by atoms with Crippen molar-refractivity contribution in [1.29, 1.82) is 0 Å². The molecule has 0 aliphatic carbocycles. The Hall–Kier alpha value is -3.20. The number of carboxylic acid groups (broad SMARTS) is 2. The van der Waals surface area contributed by atoms with E-state index in [0.29, 0.717) is 6.42 Å². The second-order valence-electron chi connectivity index (χ2n) is 5.93. The zero-order valence-corrected chi connectivity index (χ0v) is 16.1. The van der Waals surface area contributed by atoms with Crippen LogP contribution in [0.3, 0.4) is 0 Å². The summed E-state index contributed by atoms with van der Waals surface area (Å²) in [5.74, 6) is -3.24. The molecule has 10 heteroatoms. The van der Waals surface area contributed by atoms with E-state index in [1.807, 2.05) is 18.8 Å². The molecule has 0 amide bonds. The van der Waals surface area contributed by atoms with Crippen molar-refractivity contribution >= 4 is 29.4 Å². The maximum Gasteiger partial charge on any atom is 0.342 e. The predicted octanol–water partition coefficient (Wildman–Crippen LogP) is 2.86. The van der Waals surface area contributed by atoms with Gasteiger partial charge in [0.05, 0.1) is 18.2 Å². The number of aromatic carboxylic acids is 2. The van der Waals surface area contributed by atoms with Gasteiger partial charge in [-0.15, -0.1) is 0 Å². The summed E-state index contributed by atoms with van der Waals surface area (Å²) in [6.45, 7) is 3.74. The van der Waals surface area contributed by atoms with Crippen molar-refractivity contribution in [2.45, 2.75) is 26.4 Å². The molecule has 0 saturated carbocycles. The van der Waals surface area contributed by atoms with E-state index in [1.165, 1.54) is 19.2 Å². The van der Waals surface area contributed by atoms with Gasteiger partial charge in [0, 0.05) is 5.56 Å². The van der Waals surface area contributed by atoms with Crippen LogP contribution in [0.2, 0.25) is 5.02 Å². The smallest absolute Gasteiger partial charge is 0.342 e. The molecule has 2 rings (SSSR count). The Morgan fingerprint density at radius 1 is 1.25 bits per heavy atom. The highest BCUT2D eigenvalue weighted by Gasteiger charge is 2.28. The zero-order chi connectivity index (χ0) is 21.2. The summed E-state index contributed by atoms with van der Waals surface area (Å²) in [6.07, 6.45) is 0.509. The topological polar surface area (TPSA) is 152 Å². The number of hydrogen-bond acceptors (Lipinski definition) is 6. The summed E-state index contributed by atoms with van der Waals surface area (Å²) in [5, 5.41) is 19.0. The standard InChI is InChI=1S/C18H19ClN2O7/c1-4-7(2)28-14-9(19)5-8(6-10(14)27-3)11-12(17(23)24)15(20)21-16(22)13(11)18(25)26/h5-7H,4H2,1-3H3,(H,23,24)(H,25,26)(H3,20,21,22). The van der Waals surface area contributed by atoms with Crippen LogP contribution in [0.25, 0.3) is 11.1 Å². The molecule has 1 aromatic carbocycles. The van der Waals surface area contributed by atoms with Crippen molar-refractivity contribution < 1.29 is 29.3 Å². The average Bonchev–Trinajstić information content (AvgIpc) is 2.61. The highest BCUT2D eigenvalue weighted by atomic mass is 35.5. The summed E-state index contributed by atoms with van der Waals surface area (Å²) in [5.41, 5.74) is 2.91. The first-order valence-electron chi connectivity index (χ1n) is 8.19. The van der Waals surface area contributed by atoms with Crippen molar-refractivity contribution in [3.8, 4) is 22.6 Å². The van der Waals surface area contributed by atoms with Crippen LogP contribution in [0.5, 0.6) is 11.5 Å². The third-order valence-corrected chi connectivity index (χ3v) is 4.37. The van der Waals surface area contributed by atoms with Crippen LogP contribution < -0.4 is 20.8 Å². The first kappa shape index (κ1) is 21.1. The van der Waals surface area contributed by atoms with Crippen LogP contribution >= 0.6 is 11.6 Å². The number of hydrogen-bond donors (Lipinski definition) is 4. The highest BCUT2D eigenvalue weighted by Crippen LogP contribution is 2.42. The number of nitrogens with one attached hydrogen (secondary N) is 1. The van der Waals surface area contributed by atoms with Gasteiger partial charge in [0.15, 0.2) is 11.5 Å². The minimum absolute atomic E-state index is 0.0333. The Morgan fingerprint density at radius 3 is 2.36 bits per heavy atom. The molecule has 2 aromatic rings. The number of aromatic amines is 1. The predicted molar refractivity (Wildman–Crippen MR) is 103 cm³/mol. The van der Waals surface area contributed by atoms with Gasteiger partial charge in [-0.1, -0.05) is 18.5 Å². The largest absolute Gasteiger partial charge is 0.493 e. The van der Waals surface area contributed by atoms with Gasteiger partial charge >= 0.3 is 11.9 Å². The summed E-state index contributed by atoms with van der Waals surface area (Å²) < 4.78 is 11.0. The first-order chi connectivity index (χ1) is 13.1. The molecular formula is C18H19ClN2O7. The van der Waals surface area contributed by atoms with Crippen molar-refractivity contribution in [3.63, 3.8) is 0 Å². The summed E-state index contributed by atoms with van der Waals surface area (Å²) in [6, 6.07) is 2.64. The Kier molecular flexibility index (Phi) is 6.19. The molecule has 5 N–H and O–H groups in total. The number of anilines is 1. The fourth-order valence-electron chi connectivity index (χ4n) is 2.60. The minimum Gasteiger partial charge on any atom is -0.493 e. The molecule has 9 nitrogen and oxygen atoms in total. The summed E-state index contributed by atoms with van der Waals surface area (Å²) in [4.78, 5) is 37.5. The Labute approximate surface area is 164 Å². The number of nitrogen functional groups attached to an aromatic ring is 1. The molecule has 0 aliphatic heterocycles. The lowest BCUT2D eigenvalue weighted by Crippen LogP contribution is -2.24. The summed E-state index contributed by atoms with van der Waals surface area (Å²) in [7, 11) is 1.35. The third kappa shape index (κ3) is 3.89. The second kappa shape index (κ2) is 8.22. The number of carboxylic acids is 2. The van der Waals surface area contributed by atoms with Crippen molar-refractivity contribution in [3.05, 3.63) is 38.6 Å². The molecule has 1 unspecified atom stereocenters. The fraction of sp³-hybridized carbons (Fsp3) is 0.278. The number of benzene rings is 1. The van der Waals surface area contributed by atoms with Gasteiger partial charge in [0.1, 0.15) is 16.9 Å². The van der Waals surface area contributed by atoms with Gasteiger partial charge in [-0.25, -0.2) is 9.59 Å². The van der Waals surface area contributed by atoms with Gasteiger partial charge in [0.25, 0.3) is 5.56 Å². The molecule has 0 aliphatic rings. The van der Waals surface area contributed by atoms with E-state index < -0.39 is 34.4 Å². The Bertz CT molecular complexity index is 1000. The molecule has 0 saturated heterocycles. The fourth-order valence-corrected chi connectivity index (χ4v) is 2.85.